The topological polar surface area (TPSA) is 58.6 Å². The van der Waals surface area contributed by atoms with Crippen molar-refractivity contribution in [2.24, 2.45) is 0 Å². The Hall–Kier alpha value is -1.35. The second-order valence-corrected chi connectivity index (χ2v) is 6.04. The fourth-order valence-electron chi connectivity index (χ4n) is 2.82. The number of amides is 1. The van der Waals surface area contributed by atoms with Crippen LogP contribution in [0.2, 0.25) is 0 Å². The van der Waals surface area contributed by atoms with Crippen LogP contribution in [0.1, 0.15) is 40.9 Å². The molecule has 2 aliphatic rings. The first-order valence-electron chi connectivity index (χ1n) is 6.91. The summed E-state index contributed by atoms with van der Waals surface area (Å²) in [4.78, 5) is 13.0. The third kappa shape index (κ3) is 2.73. The Morgan fingerprint density at radius 3 is 3.15 bits per heavy atom. The molecule has 1 aromatic heterocycles. The predicted octanol–water partition coefficient (Wildman–Crippen LogP) is 1.53. The normalized spacial score (nSPS) is 27.1. The number of thiophene rings is 1. The van der Waals surface area contributed by atoms with Crippen LogP contribution >= 0.6 is 11.3 Å². The van der Waals surface area contributed by atoms with E-state index in [1.54, 1.807) is 0 Å². The Morgan fingerprint density at radius 1 is 1.55 bits per heavy atom. The number of aliphatic hydroxyl groups excluding tert-OH is 1. The second kappa shape index (κ2) is 5.96. The predicted molar refractivity (Wildman–Crippen MR) is 76.7 cm³/mol. The Kier molecular flexibility index (Phi) is 4.06. The molecule has 0 aliphatic carbocycles. The van der Waals surface area contributed by atoms with E-state index in [2.05, 4.69) is 17.2 Å². The number of ether oxygens (including phenoxy) is 1. The number of nitrogens with one attached hydrogen (secondary N) is 1. The highest BCUT2D eigenvalue weighted by Crippen LogP contribution is 2.34. The molecule has 0 radical (unpaired) electrons. The summed E-state index contributed by atoms with van der Waals surface area (Å²) >= 11 is 1.40. The van der Waals surface area contributed by atoms with Crippen molar-refractivity contribution in [3.63, 3.8) is 0 Å². The fourth-order valence-corrected chi connectivity index (χ4v) is 3.57. The summed E-state index contributed by atoms with van der Waals surface area (Å²) in [6, 6.07) is 1.99. The van der Waals surface area contributed by atoms with E-state index in [0.29, 0.717) is 17.4 Å². The molecule has 2 saturated heterocycles. The van der Waals surface area contributed by atoms with Crippen LogP contribution in [0.25, 0.3) is 0 Å². The van der Waals surface area contributed by atoms with Gasteiger partial charge in [0, 0.05) is 12.0 Å². The number of fused-ring (bicyclic) bond motifs is 2. The first-order chi connectivity index (χ1) is 9.78. The summed E-state index contributed by atoms with van der Waals surface area (Å²) in [5.74, 6) is 5.74. The van der Waals surface area contributed by atoms with Crippen molar-refractivity contribution in [3.8, 4) is 11.8 Å². The summed E-state index contributed by atoms with van der Waals surface area (Å²) in [6.45, 7) is 0.0428. The standard InChI is InChI=1S/C15H17NO3S/c17-7-2-1-3-10-6-8-20-14(10)15(18)16-12-9-11-4-5-13(12)19-11/h6,8,11-13,17H,2,4-5,7,9H2,(H,16,18). The van der Waals surface area contributed by atoms with Crippen molar-refractivity contribution in [1.29, 1.82) is 0 Å². The second-order valence-electron chi connectivity index (χ2n) is 5.13. The monoisotopic (exact) mass is 291 g/mol. The molecule has 20 heavy (non-hydrogen) atoms. The molecule has 1 amide bonds. The van der Waals surface area contributed by atoms with Gasteiger partial charge in [0.25, 0.3) is 5.91 Å². The van der Waals surface area contributed by atoms with Crippen LogP contribution in [0.3, 0.4) is 0 Å². The van der Waals surface area contributed by atoms with Gasteiger partial charge in [-0.15, -0.1) is 11.3 Å². The number of hydrogen-bond acceptors (Lipinski definition) is 4. The number of rotatable bonds is 3. The largest absolute Gasteiger partial charge is 0.395 e. The average molecular weight is 291 g/mol. The number of hydrogen-bond donors (Lipinski definition) is 2. The lowest BCUT2D eigenvalue weighted by Crippen LogP contribution is -2.41. The zero-order chi connectivity index (χ0) is 13.9. The quantitative estimate of drug-likeness (QED) is 0.830. The van der Waals surface area contributed by atoms with Gasteiger partial charge >= 0.3 is 0 Å². The maximum atomic E-state index is 12.3. The molecule has 1 aromatic rings. The lowest BCUT2D eigenvalue weighted by atomic mass is 9.95. The summed E-state index contributed by atoms with van der Waals surface area (Å²) in [5, 5.41) is 13.7. The van der Waals surface area contributed by atoms with Gasteiger partial charge in [-0.25, -0.2) is 0 Å². The van der Waals surface area contributed by atoms with Gasteiger partial charge in [0.2, 0.25) is 0 Å². The van der Waals surface area contributed by atoms with E-state index in [1.807, 2.05) is 11.4 Å². The molecule has 3 unspecified atom stereocenters. The molecule has 5 heteroatoms. The van der Waals surface area contributed by atoms with Crippen LogP contribution in [-0.4, -0.2) is 35.9 Å². The fraction of sp³-hybridized carbons (Fsp3) is 0.533. The molecule has 4 nitrogen and oxygen atoms in total. The number of aliphatic hydroxyl groups is 1. The van der Waals surface area contributed by atoms with Crippen LogP contribution in [0.4, 0.5) is 0 Å². The van der Waals surface area contributed by atoms with E-state index in [-0.39, 0.29) is 24.7 Å². The summed E-state index contributed by atoms with van der Waals surface area (Å²) in [6.07, 6.45) is 4.03. The van der Waals surface area contributed by atoms with Gasteiger partial charge < -0.3 is 15.2 Å². The molecule has 0 aromatic carbocycles. The van der Waals surface area contributed by atoms with Gasteiger partial charge in [-0.2, -0.15) is 0 Å². The highest BCUT2D eigenvalue weighted by Gasteiger charge is 2.41. The molecule has 106 valence electrons. The van der Waals surface area contributed by atoms with Gasteiger partial charge in [-0.05, 0) is 30.7 Å². The van der Waals surface area contributed by atoms with Gasteiger partial charge in [0.15, 0.2) is 0 Å². The zero-order valence-electron chi connectivity index (χ0n) is 11.1. The van der Waals surface area contributed by atoms with Crippen LogP contribution in [-0.2, 0) is 4.74 Å². The van der Waals surface area contributed by atoms with Crippen molar-refractivity contribution in [2.45, 2.75) is 43.9 Å². The highest BCUT2D eigenvalue weighted by molar-refractivity contribution is 7.12. The van der Waals surface area contributed by atoms with Crippen molar-refractivity contribution < 1.29 is 14.6 Å². The lowest BCUT2D eigenvalue weighted by Gasteiger charge is -2.19. The van der Waals surface area contributed by atoms with Crippen molar-refractivity contribution >= 4 is 17.2 Å². The Balaban J connectivity index is 1.66. The Morgan fingerprint density at radius 2 is 2.45 bits per heavy atom. The molecule has 3 heterocycles. The molecule has 2 aliphatic heterocycles. The maximum absolute atomic E-state index is 12.3. The van der Waals surface area contributed by atoms with E-state index in [4.69, 9.17) is 9.84 Å². The van der Waals surface area contributed by atoms with Gasteiger partial charge in [-0.1, -0.05) is 11.8 Å². The maximum Gasteiger partial charge on any atom is 0.262 e. The summed E-state index contributed by atoms with van der Waals surface area (Å²) in [7, 11) is 0. The highest BCUT2D eigenvalue weighted by atomic mass is 32.1. The number of carbonyl (C=O) groups is 1. The van der Waals surface area contributed by atoms with E-state index in [0.717, 1.165) is 24.8 Å². The molecule has 0 spiro atoms. The minimum atomic E-state index is -0.0607. The van der Waals surface area contributed by atoms with Crippen molar-refractivity contribution in [2.75, 3.05) is 6.61 Å². The molecule has 0 saturated carbocycles. The van der Waals surface area contributed by atoms with Crippen LogP contribution in [0.5, 0.6) is 0 Å². The molecule has 2 bridgehead atoms. The molecule has 2 N–H and O–H groups in total. The van der Waals surface area contributed by atoms with Crippen molar-refractivity contribution in [1.82, 2.24) is 5.32 Å². The van der Waals surface area contributed by atoms with Crippen LogP contribution in [0.15, 0.2) is 11.4 Å². The first-order valence-corrected chi connectivity index (χ1v) is 7.79. The van der Waals surface area contributed by atoms with E-state index in [1.165, 1.54) is 11.3 Å². The molecular weight excluding hydrogens is 274 g/mol. The molecular formula is C15H17NO3S. The van der Waals surface area contributed by atoms with Crippen LogP contribution in [0, 0.1) is 11.8 Å². The van der Waals surface area contributed by atoms with E-state index in [9.17, 15) is 4.79 Å². The molecule has 3 atom stereocenters. The SMILES string of the molecule is O=C(NC1CC2CCC1O2)c1sccc1C#CCCO. The lowest BCUT2D eigenvalue weighted by molar-refractivity contribution is 0.0843. The molecule has 2 fully saturated rings. The smallest absolute Gasteiger partial charge is 0.262 e. The third-order valence-corrected chi connectivity index (χ3v) is 4.67. The summed E-state index contributed by atoms with van der Waals surface area (Å²) < 4.78 is 5.75. The average Bonchev–Trinajstić information content (AvgIpc) is 3.14. The Bertz CT molecular complexity index is 557. The van der Waals surface area contributed by atoms with E-state index < -0.39 is 0 Å². The van der Waals surface area contributed by atoms with Gasteiger partial charge in [0.1, 0.15) is 4.88 Å². The first kappa shape index (κ1) is 13.6. The summed E-state index contributed by atoms with van der Waals surface area (Å²) in [5.41, 5.74) is 0.741. The minimum Gasteiger partial charge on any atom is -0.395 e. The van der Waals surface area contributed by atoms with Crippen LogP contribution < -0.4 is 5.32 Å². The Labute approximate surface area is 122 Å². The minimum absolute atomic E-state index is 0.0428. The van der Waals surface area contributed by atoms with Gasteiger partial charge in [-0.3, -0.25) is 4.79 Å². The third-order valence-electron chi connectivity index (χ3n) is 3.75. The number of carbonyl (C=O) groups excluding carboxylic acids is 1. The van der Waals surface area contributed by atoms with Gasteiger partial charge in [0.05, 0.1) is 24.9 Å². The van der Waals surface area contributed by atoms with E-state index >= 15 is 0 Å². The van der Waals surface area contributed by atoms with Crippen molar-refractivity contribution in [3.05, 3.63) is 21.9 Å². The molecule has 3 rings (SSSR count). The zero-order valence-corrected chi connectivity index (χ0v) is 11.9.